The second-order valence-corrected chi connectivity index (χ2v) is 10.7. The van der Waals surface area contributed by atoms with Crippen LogP contribution in [0.15, 0.2) is 30.3 Å². The molecule has 194 valence electrons. The lowest BCUT2D eigenvalue weighted by Gasteiger charge is -2.29. The topological polar surface area (TPSA) is 26.0 Å². The van der Waals surface area contributed by atoms with Gasteiger partial charge in [-0.1, -0.05) is 127 Å². The zero-order chi connectivity index (χ0) is 24.5. The fourth-order valence-corrected chi connectivity index (χ4v) is 4.46. The van der Waals surface area contributed by atoms with E-state index >= 15 is 0 Å². The fourth-order valence-electron chi connectivity index (χ4n) is 4.29. The summed E-state index contributed by atoms with van der Waals surface area (Å²) in [5, 5.41) is 0. The van der Waals surface area contributed by atoms with E-state index in [-0.39, 0.29) is 0 Å². The highest BCUT2D eigenvalue weighted by Crippen LogP contribution is 2.14. The average Bonchev–Trinajstić information content (AvgIpc) is 2.83. The molecule has 0 aliphatic rings. The molecule has 0 unspecified atom stereocenters. The van der Waals surface area contributed by atoms with Crippen molar-refractivity contribution in [2.45, 2.75) is 122 Å². The number of unbranched alkanes of at least 4 members (excludes halogenated alkanes) is 15. The summed E-state index contributed by atoms with van der Waals surface area (Å²) in [5.74, 6) is 0.612. The Morgan fingerprint density at radius 3 is 1.36 bits per heavy atom. The highest BCUT2D eigenvalue weighted by molar-refractivity contribution is 6.17. The molecule has 0 fully saturated rings. The highest BCUT2D eigenvalue weighted by atomic mass is 35.5. The zero-order valence-electron chi connectivity index (χ0n) is 22.6. The third-order valence-electron chi connectivity index (χ3n) is 6.58. The molecule has 0 radical (unpaired) electrons. The molecule has 0 heterocycles. The monoisotopic (exact) mass is 481 g/mol. The van der Waals surface area contributed by atoms with Crippen molar-refractivity contribution in [3.8, 4) is 0 Å². The minimum absolute atomic E-state index is 0.612. The van der Waals surface area contributed by atoms with Crippen molar-refractivity contribution >= 4 is 11.6 Å². The van der Waals surface area contributed by atoms with Gasteiger partial charge in [-0.2, -0.15) is 0 Å². The Morgan fingerprint density at radius 2 is 1.00 bits per heavy atom. The van der Waals surface area contributed by atoms with Gasteiger partial charge in [0, 0.05) is 12.3 Å². The number of rotatable bonds is 21. The second kappa shape index (κ2) is 24.6. The van der Waals surface area contributed by atoms with Gasteiger partial charge in [0.15, 0.2) is 0 Å². The van der Waals surface area contributed by atoms with Crippen LogP contribution in [-0.2, 0) is 5.88 Å². The smallest absolute Gasteiger partial charge is 0.0794 e. The molecular formula is C30H58ClN2+. The number of nitrogens with zero attached hydrogens (tertiary/aromatic N) is 1. The van der Waals surface area contributed by atoms with Gasteiger partial charge in [-0.25, -0.2) is 0 Å². The normalized spacial score (nSPS) is 11.3. The van der Waals surface area contributed by atoms with Gasteiger partial charge in [-0.3, -0.25) is 0 Å². The maximum atomic E-state index is 5.62. The van der Waals surface area contributed by atoms with Crippen molar-refractivity contribution in [2.75, 3.05) is 33.7 Å². The fraction of sp³-hybridized carbons (Fsp3) is 0.800. The Labute approximate surface area is 213 Å². The Balaban J connectivity index is 0.00000106. The minimum atomic E-state index is 0.612. The predicted octanol–water partition coefficient (Wildman–Crippen LogP) is 9.10. The Kier molecular flexibility index (Phi) is 24.1. The Hall–Kier alpha value is -0.570. The molecule has 0 aliphatic heterocycles. The van der Waals surface area contributed by atoms with Crippen molar-refractivity contribution < 1.29 is 4.48 Å². The van der Waals surface area contributed by atoms with Crippen LogP contribution >= 0.6 is 11.6 Å². The van der Waals surface area contributed by atoms with Crippen LogP contribution in [-0.4, -0.2) is 38.2 Å². The summed E-state index contributed by atoms with van der Waals surface area (Å²) < 4.78 is 1.15. The first-order valence-electron chi connectivity index (χ1n) is 14.2. The van der Waals surface area contributed by atoms with E-state index < -0.39 is 0 Å². The molecule has 3 heteroatoms. The molecule has 0 aliphatic carbocycles. The number of halogens is 1. The molecule has 0 saturated heterocycles. The van der Waals surface area contributed by atoms with Crippen LogP contribution in [0.4, 0.5) is 0 Å². The van der Waals surface area contributed by atoms with Crippen molar-refractivity contribution in [1.82, 2.24) is 0 Å². The summed E-state index contributed by atoms with van der Waals surface area (Å²) in [4.78, 5) is 0. The molecule has 0 saturated carbocycles. The molecule has 0 bridgehead atoms. The van der Waals surface area contributed by atoms with Crippen LogP contribution in [0.5, 0.6) is 0 Å². The quantitative estimate of drug-likeness (QED) is 0.106. The highest BCUT2D eigenvalue weighted by Gasteiger charge is 2.12. The summed E-state index contributed by atoms with van der Waals surface area (Å²) in [5.41, 5.74) is 6.79. The first-order chi connectivity index (χ1) is 16.1. The van der Waals surface area contributed by atoms with E-state index in [1.807, 2.05) is 30.3 Å². The molecule has 0 amide bonds. The van der Waals surface area contributed by atoms with E-state index in [4.69, 9.17) is 17.3 Å². The number of benzene rings is 1. The van der Waals surface area contributed by atoms with Crippen molar-refractivity contribution in [3.63, 3.8) is 0 Å². The molecule has 33 heavy (non-hydrogen) atoms. The predicted molar refractivity (Wildman–Crippen MR) is 151 cm³/mol. The second-order valence-electron chi connectivity index (χ2n) is 10.4. The number of nitrogens with two attached hydrogens (primary N) is 1. The Bertz CT molecular complexity index is 489. The van der Waals surface area contributed by atoms with Gasteiger partial charge >= 0.3 is 0 Å². The number of hydrogen-bond donors (Lipinski definition) is 1. The average molecular weight is 482 g/mol. The standard InChI is InChI=1S/C23H51N2.C7H7Cl/c1-4-5-6-7-8-9-10-11-12-13-14-15-16-17-18-19-22-25(2,3)23-20-21-24;8-6-7-4-2-1-3-5-7/h4-24H2,1-3H3;1-5H,6H2/q+1;. The summed E-state index contributed by atoms with van der Waals surface area (Å²) in [6.45, 7) is 5.68. The van der Waals surface area contributed by atoms with Gasteiger partial charge in [0.2, 0.25) is 0 Å². The lowest BCUT2D eigenvalue weighted by molar-refractivity contribution is -0.890. The minimum Gasteiger partial charge on any atom is -0.330 e. The maximum absolute atomic E-state index is 5.62. The summed E-state index contributed by atoms with van der Waals surface area (Å²) in [6, 6.07) is 9.96. The largest absolute Gasteiger partial charge is 0.330 e. The summed E-state index contributed by atoms with van der Waals surface area (Å²) in [6.07, 6.45) is 24.4. The molecule has 0 spiro atoms. The van der Waals surface area contributed by atoms with Crippen molar-refractivity contribution in [3.05, 3.63) is 35.9 Å². The molecule has 0 aromatic heterocycles. The lowest BCUT2D eigenvalue weighted by atomic mass is 10.0. The molecule has 0 atom stereocenters. The van der Waals surface area contributed by atoms with Crippen molar-refractivity contribution in [2.24, 2.45) is 5.73 Å². The van der Waals surface area contributed by atoms with Gasteiger partial charge in [0.05, 0.1) is 27.2 Å². The van der Waals surface area contributed by atoms with Gasteiger partial charge in [0.1, 0.15) is 0 Å². The third-order valence-corrected chi connectivity index (χ3v) is 6.89. The van der Waals surface area contributed by atoms with E-state index in [2.05, 4.69) is 21.0 Å². The van der Waals surface area contributed by atoms with Gasteiger partial charge < -0.3 is 10.2 Å². The lowest BCUT2D eigenvalue weighted by Crippen LogP contribution is -2.41. The van der Waals surface area contributed by atoms with Gasteiger partial charge in [-0.05, 0) is 24.9 Å². The van der Waals surface area contributed by atoms with Gasteiger partial charge in [-0.15, -0.1) is 11.6 Å². The van der Waals surface area contributed by atoms with Crippen LogP contribution in [0.25, 0.3) is 0 Å². The zero-order valence-corrected chi connectivity index (χ0v) is 23.4. The summed E-state index contributed by atoms with van der Waals surface area (Å²) in [7, 11) is 4.70. The third kappa shape index (κ3) is 24.4. The molecular weight excluding hydrogens is 424 g/mol. The van der Waals surface area contributed by atoms with E-state index in [1.54, 1.807) is 0 Å². The first kappa shape index (κ1) is 32.4. The molecule has 2 nitrogen and oxygen atoms in total. The number of quaternary nitrogens is 1. The van der Waals surface area contributed by atoms with E-state index in [1.165, 1.54) is 121 Å². The van der Waals surface area contributed by atoms with Crippen LogP contribution in [0.1, 0.15) is 122 Å². The first-order valence-corrected chi connectivity index (χ1v) is 14.7. The molecule has 1 aromatic rings. The van der Waals surface area contributed by atoms with E-state index in [9.17, 15) is 0 Å². The van der Waals surface area contributed by atoms with Crippen LogP contribution in [0.2, 0.25) is 0 Å². The van der Waals surface area contributed by atoms with Crippen molar-refractivity contribution in [1.29, 1.82) is 0 Å². The number of hydrogen-bond acceptors (Lipinski definition) is 1. The van der Waals surface area contributed by atoms with Crippen LogP contribution in [0.3, 0.4) is 0 Å². The van der Waals surface area contributed by atoms with E-state index in [0.29, 0.717) is 5.88 Å². The van der Waals surface area contributed by atoms with E-state index in [0.717, 1.165) is 17.4 Å². The van der Waals surface area contributed by atoms with Crippen LogP contribution in [0, 0.1) is 0 Å². The van der Waals surface area contributed by atoms with Crippen LogP contribution < -0.4 is 5.73 Å². The molecule has 1 aromatic carbocycles. The Morgan fingerprint density at radius 1 is 0.606 bits per heavy atom. The SMILES string of the molecule is CCCCCCCCCCCCCCCCCC[N+](C)(C)CCCN.ClCc1ccccc1. The summed E-state index contributed by atoms with van der Waals surface area (Å²) >= 11 is 5.53. The number of alkyl halides is 1. The molecule has 1 rings (SSSR count). The van der Waals surface area contributed by atoms with Gasteiger partial charge in [0.25, 0.3) is 0 Å². The molecule has 2 N–H and O–H groups in total. The maximum Gasteiger partial charge on any atom is 0.0794 e.